The van der Waals surface area contributed by atoms with Crippen LogP contribution in [0.2, 0.25) is 0 Å². The maximum absolute atomic E-state index is 12.8. The van der Waals surface area contributed by atoms with E-state index in [4.69, 9.17) is 0 Å². The van der Waals surface area contributed by atoms with E-state index >= 15 is 0 Å². The Balaban J connectivity index is 1.51. The molecule has 1 N–H and O–H groups in total. The number of rotatable bonds is 3. The van der Waals surface area contributed by atoms with E-state index in [1.807, 2.05) is 18.2 Å². The molecule has 0 fully saturated rings. The average Bonchev–Trinajstić information content (AvgIpc) is 3.24. The lowest BCUT2D eigenvalue weighted by Crippen LogP contribution is -2.38. The number of hydrogen-bond acceptors (Lipinski definition) is 4. The summed E-state index contributed by atoms with van der Waals surface area (Å²) in [5.74, 6) is 0.536. The molecule has 130 valence electrons. The van der Waals surface area contributed by atoms with Gasteiger partial charge >= 0.3 is 6.03 Å². The van der Waals surface area contributed by atoms with E-state index < -0.39 is 0 Å². The molecule has 7 heteroatoms. The maximum Gasteiger partial charge on any atom is 0.322 e. The second-order valence-electron chi connectivity index (χ2n) is 5.95. The lowest BCUT2D eigenvalue weighted by molar-refractivity contribution is 0.217. The molecule has 26 heavy (non-hydrogen) atoms. The molecule has 3 heterocycles. The van der Waals surface area contributed by atoms with Gasteiger partial charge in [0.15, 0.2) is 5.82 Å². The van der Waals surface area contributed by atoms with Gasteiger partial charge in [-0.3, -0.25) is 0 Å². The molecule has 1 aliphatic rings. The van der Waals surface area contributed by atoms with Gasteiger partial charge < -0.3 is 10.2 Å². The van der Waals surface area contributed by atoms with Gasteiger partial charge in [0.25, 0.3) is 0 Å². The molecule has 1 aliphatic heterocycles. The quantitative estimate of drug-likeness (QED) is 0.791. The molecule has 0 atom stereocenters. The lowest BCUT2D eigenvalue weighted by Gasteiger charge is -2.28. The molecule has 0 spiro atoms. The summed E-state index contributed by atoms with van der Waals surface area (Å²) in [4.78, 5) is 22.8. The zero-order valence-electron chi connectivity index (χ0n) is 14.1. The molecule has 1 aromatic carbocycles. The maximum atomic E-state index is 12.8. The lowest BCUT2D eigenvalue weighted by atomic mass is 10.0. The van der Waals surface area contributed by atoms with E-state index in [9.17, 15) is 4.79 Å². The van der Waals surface area contributed by atoms with Crippen molar-refractivity contribution in [2.45, 2.75) is 6.42 Å². The molecular weight excluding hydrogens is 328 g/mol. The summed E-state index contributed by atoms with van der Waals surface area (Å²) >= 11 is 0. The number of nitrogens with zero attached hydrogens (tertiary/aromatic N) is 5. The van der Waals surface area contributed by atoms with Crippen molar-refractivity contribution in [3.8, 4) is 5.82 Å². The number of hydrogen-bond donors (Lipinski definition) is 1. The minimum Gasteiger partial charge on any atom is -0.320 e. The van der Waals surface area contributed by atoms with Gasteiger partial charge in [0.2, 0.25) is 0 Å². The van der Waals surface area contributed by atoms with Gasteiger partial charge in [-0.25, -0.2) is 19.4 Å². The van der Waals surface area contributed by atoms with Crippen molar-refractivity contribution < 1.29 is 4.79 Å². The minimum absolute atomic E-state index is 0.152. The summed E-state index contributed by atoms with van der Waals surface area (Å²) < 4.78 is 1.53. The number of aromatic nitrogens is 4. The number of carbonyl (C=O) groups excluding carboxylic acids is 1. The number of benzene rings is 1. The summed E-state index contributed by atoms with van der Waals surface area (Å²) in [5, 5.41) is 7.04. The Kier molecular flexibility index (Phi) is 4.42. The summed E-state index contributed by atoms with van der Waals surface area (Å²) in [5.41, 5.74) is 2.91. The van der Waals surface area contributed by atoms with Gasteiger partial charge in [0, 0.05) is 19.3 Å². The molecule has 0 aliphatic carbocycles. The number of nitrogens with one attached hydrogen (secondary N) is 1. The predicted molar refractivity (Wildman–Crippen MR) is 98.8 cm³/mol. The van der Waals surface area contributed by atoms with E-state index in [0.29, 0.717) is 24.6 Å². The fourth-order valence-electron chi connectivity index (χ4n) is 2.97. The first-order valence-electron chi connectivity index (χ1n) is 8.41. The van der Waals surface area contributed by atoms with Gasteiger partial charge in [-0.1, -0.05) is 36.4 Å². The Morgan fingerprint density at radius 3 is 2.81 bits per heavy atom. The van der Waals surface area contributed by atoms with Crippen LogP contribution in [0.25, 0.3) is 11.4 Å². The van der Waals surface area contributed by atoms with Gasteiger partial charge in [-0.05, 0) is 29.7 Å². The number of urea groups is 1. The normalized spacial score (nSPS) is 14.0. The smallest absolute Gasteiger partial charge is 0.320 e. The first-order chi connectivity index (χ1) is 12.8. The van der Waals surface area contributed by atoms with Crippen molar-refractivity contribution in [2.75, 3.05) is 18.4 Å². The zero-order valence-corrected chi connectivity index (χ0v) is 14.1. The molecule has 3 aromatic rings. The van der Waals surface area contributed by atoms with E-state index in [-0.39, 0.29) is 6.03 Å². The average molecular weight is 346 g/mol. The van der Waals surface area contributed by atoms with Crippen molar-refractivity contribution in [3.63, 3.8) is 0 Å². The molecule has 0 unspecified atom stereocenters. The van der Waals surface area contributed by atoms with Crippen molar-refractivity contribution >= 4 is 17.3 Å². The first-order valence-corrected chi connectivity index (χ1v) is 8.41. The van der Waals surface area contributed by atoms with E-state index in [0.717, 1.165) is 17.6 Å². The van der Waals surface area contributed by atoms with Gasteiger partial charge in [0.05, 0.1) is 5.69 Å². The Labute approximate surface area is 151 Å². The highest BCUT2D eigenvalue weighted by Crippen LogP contribution is 2.22. The highest BCUT2D eigenvalue weighted by Gasteiger charge is 2.20. The Morgan fingerprint density at radius 2 is 2.00 bits per heavy atom. The zero-order chi connectivity index (χ0) is 17.8. The number of amides is 2. The summed E-state index contributed by atoms with van der Waals surface area (Å²) in [6.45, 7) is 1.26. The predicted octanol–water partition coefficient (Wildman–Crippen LogP) is 2.98. The van der Waals surface area contributed by atoms with Crippen LogP contribution in [0.15, 0.2) is 67.4 Å². The van der Waals surface area contributed by atoms with Crippen LogP contribution in [0.3, 0.4) is 0 Å². The van der Waals surface area contributed by atoms with Crippen molar-refractivity contribution in [1.29, 1.82) is 0 Å². The van der Waals surface area contributed by atoms with Crippen LogP contribution in [-0.4, -0.2) is 43.8 Å². The fourth-order valence-corrected chi connectivity index (χ4v) is 2.97. The summed E-state index contributed by atoms with van der Waals surface area (Å²) in [7, 11) is 0. The molecular formula is C19H18N6O. The molecule has 0 bridgehead atoms. The highest BCUT2D eigenvalue weighted by atomic mass is 16.2. The van der Waals surface area contributed by atoms with Crippen LogP contribution in [0.5, 0.6) is 0 Å². The third kappa shape index (κ3) is 3.32. The van der Waals surface area contributed by atoms with Crippen molar-refractivity contribution in [1.82, 2.24) is 24.6 Å². The van der Waals surface area contributed by atoms with Crippen LogP contribution in [0, 0.1) is 0 Å². The van der Waals surface area contributed by atoms with Crippen LogP contribution < -0.4 is 5.32 Å². The second kappa shape index (κ2) is 7.18. The van der Waals surface area contributed by atoms with Gasteiger partial charge in [-0.15, -0.1) is 0 Å². The third-order valence-electron chi connectivity index (χ3n) is 4.25. The molecule has 0 radical (unpaired) electrons. The van der Waals surface area contributed by atoms with E-state index in [1.165, 1.54) is 11.0 Å². The van der Waals surface area contributed by atoms with Crippen molar-refractivity contribution in [2.24, 2.45) is 0 Å². The summed E-state index contributed by atoms with van der Waals surface area (Å²) in [6.07, 6.45) is 7.67. The van der Waals surface area contributed by atoms with Crippen LogP contribution in [0.1, 0.15) is 12.0 Å². The molecule has 7 nitrogen and oxygen atoms in total. The Hall–Kier alpha value is -3.48. The highest BCUT2D eigenvalue weighted by molar-refractivity contribution is 5.92. The molecule has 4 rings (SSSR count). The molecule has 2 amide bonds. The van der Waals surface area contributed by atoms with E-state index in [2.05, 4.69) is 38.6 Å². The van der Waals surface area contributed by atoms with Crippen LogP contribution in [-0.2, 0) is 0 Å². The number of pyridine rings is 1. The van der Waals surface area contributed by atoms with Crippen LogP contribution >= 0.6 is 0 Å². The minimum atomic E-state index is -0.152. The fraction of sp³-hybridized carbons (Fsp3) is 0.158. The second-order valence-corrected chi connectivity index (χ2v) is 5.95. The summed E-state index contributed by atoms with van der Waals surface area (Å²) in [6, 6.07) is 13.6. The van der Waals surface area contributed by atoms with Crippen molar-refractivity contribution in [3.05, 3.63) is 73.0 Å². The van der Waals surface area contributed by atoms with Gasteiger partial charge in [0.1, 0.15) is 12.7 Å². The van der Waals surface area contributed by atoms with E-state index in [1.54, 1.807) is 29.6 Å². The number of anilines is 1. The Morgan fingerprint density at radius 1 is 1.12 bits per heavy atom. The monoisotopic (exact) mass is 346 g/mol. The third-order valence-corrected chi connectivity index (χ3v) is 4.25. The standard InChI is InChI=1S/C19H18N6O/c26-19(23-17-9-4-10-21-18(17)25-14-20-13-22-25)24-11-5-8-16(12-24)15-6-2-1-3-7-15/h1-4,6-10,13-14H,5,11-12H2,(H,23,26). The molecule has 0 saturated heterocycles. The molecule has 2 aromatic heterocycles. The SMILES string of the molecule is O=C(Nc1cccnc1-n1cncn1)N1CCC=C(c2ccccc2)C1. The van der Waals surface area contributed by atoms with Crippen LogP contribution in [0.4, 0.5) is 10.5 Å². The number of carbonyl (C=O) groups is 1. The molecule has 0 saturated carbocycles. The first kappa shape index (κ1) is 16.0. The largest absolute Gasteiger partial charge is 0.322 e. The van der Waals surface area contributed by atoms with Gasteiger partial charge in [-0.2, -0.15) is 5.10 Å². The topological polar surface area (TPSA) is 75.9 Å². The Bertz CT molecular complexity index is 920.